The van der Waals surface area contributed by atoms with Crippen LogP contribution in [0.15, 0.2) is 53.4 Å². The number of nitrogen functional groups attached to an aromatic ring is 2. The Balaban J connectivity index is 1.46. The third-order valence-corrected chi connectivity index (χ3v) is 9.02. The Hall–Kier alpha value is -3.11. The zero-order valence-corrected chi connectivity index (χ0v) is 21.3. The van der Waals surface area contributed by atoms with E-state index in [0.29, 0.717) is 37.2 Å². The van der Waals surface area contributed by atoms with Crippen LogP contribution in [0.25, 0.3) is 0 Å². The van der Waals surface area contributed by atoms with Crippen molar-refractivity contribution in [1.29, 1.82) is 5.41 Å². The number of carbonyl (C=O) groups is 1. The molecule has 2 aromatic carbocycles. The third kappa shape index (κ3) is 5.99. The maximum atomic E-state index is 13.6. The van der Waals surface area contributed by atoms with Crippen LogP contribution in [0, 0.1) is 5.41 Å². The number of sulfonamides is 1. The molecule has 6 N–H and O–H groups in total. The summed E-state index contributed by atoms with van der Waals surface area (Å²) in [6.07, 6.45) is 7.38. The summed E-state index contributed by atoms with van der Waals surface area (Å²) in [5, 5.41) is 11.0. The fourth-order valence-electron chi connectivity index (χ4n) is 5.14. The molecule has 2 fully saturated rings. The van der Waals surface area contributed by atoms with E-state index in [0.717, 1.165) is 31.4 Å². The lowest BCUT2D eigenvalue weighted by Gasteiger charge is -2.36. The fourth-order valence-corrected chi connectivity index (χ4v) is 6.67. The summed E-state index contributed by atoms with van der Waals surface area (Å²) >= 11 is 0. The van der Waals surface area contributed by atoms with Crippen LogP contribution in [0.5, 0.6) is 0 Å². The first-order valence-electron chi connectivity index (χ1n) is 12.7. The molecule has 1 aliphatic carbocycles. The van der Waals surface area contributed by atoms with Gasteiger partial charge in [0.05, 0.1) is 4.90 Å². The number of amidine groups is 1. The Morgan fingerprint density at radius 2 is 1.64 bits per heavy atom. The van der Waals surface area contributed by atoms with E-state index in [1.54, 1.807) is 30.3 Å². The Morgan fingerprint density at radius 3 is 2.28 bits per heavy atom. The second kappa shape index (κ2) is 11.3. The maximum Gasteiger partial charge on any atom is 0.322 e. The number of nitrogens with two attached hydrogens (primary N) is 2. The summed E-state index contributed by atoms with van der Waals surface area (Å²) in [4.78, 5) is 15.6. The molecule has 0 aromatic heterocycles. The van der Waals surface area contributed by atoms with Crippen molar-refractivity contribution in [2.24, 2.45) is 5.73 Å². The summed E-state index contributed by atoms with van der Waals surface area (Å²) in [6.45, 7) is 0.649. The van der Waals surface area contributed by atoms with Crippen LogP contribution in [-0.4, -0.2) is 49.8 Å². The Labute approximate surface area is 213 Å². The minimum Gasteiger partial charge on any atom is -0.399 e. The first kappa shape index (κ1) is 26.0. The number of carbonyl (C=O) groups excluding carboxylic acids is 1. The standard InChI is InChI=1S/C26H36N6O3S/c27-20-8-6-12-24(18-20)36(34,35)31-15-13-21(14-16-31)30-26(33)32(22-9-3-1-2-4-10-22)23-11-5-7-19(17-23)25(28)29/h5-8,11-12,17-18,21-22H,1-4,9-10,13-16,27H2,(H3,28,29)(H,30,33). The van der Waals surface area contributed by atoms with Crippen LogP contribution in [0.2, 0.25) is 0 Å². The van der Waals surface area contributed by atoms with E-state index in [1.807, 2.05) is 17.0 Å². The van der Waals surface area contributed by atoms with Gasteiger partial charge in [-0.1, -0.05) is 43.9 Å². The number of benzene rings is 2. The van der Waals surface area contributed by atoms with Crippen LogP contribution in [0.4, 0.5) is 16.2 Å². The topological polar surface area (TPSA) is 146 Å². The highest BCUT2D eigenvalue weighted by Crippen LogP contribution is 2.28. The largest absolute Gasteiger partial charge is 0.399 e. The molecule has 36 heavy (non-hydrogen) atoms. The molecule has 0 bridgehead atoms. The summed E-state index contributed by atoms with van der Waals surface area (Å²) in [5.74, 6) is -0.0353. The fraction of sp³-hybridized carbons (Fsp3) is 0.462. The van der Waals surface area contributed by atoms with Crippen molar-refractivity contribution in [2.45, 2.75) is 68.3 Å². The number of amides is 2. The quantitative estimate of drug-likeness (QED) is 0.202. The van der Waals surface area contributed by atoms with Crippen molar-refractivity contribution in [3.05, 3.63) is 54.1 Å². The number of nitrogens with zero attached hydrogens (tertiary/aromatic N) is 2. The van der Waals surface area contributed by atoms with Crippen LogP contribution >= 0.6 is 0 Å². The van der Waals surface area contributed by atoms with Gasteiger partial charge in [-0.2, -0.15) is 4.31 Å². The highest BCUT2D eigenvalue weighted by atomic mass is 32.2. The SMILES string of the molecule is N=C(N)c1cccc(N(C(=O)NC2CCN(S(=O)(=O)c3cccc(N)c3)CC2)C2CCCCCC2)c1. The van der Waals surface area contributed by atoms with Gasteiger partial charge in [0.1, 0.15) is 5.84 Å². The van der Waals surface area contributed by atoms with E-state index in [2.05, 4.69) is 5.32 Å². The zero-order chi connectivity index (χ0) is 25.7. The molecule has 0 spiro atoms. The van der Waals surface area contributed by atoms with Crippen LogP contribution < -0.4 is 21.7 Å². The number of rotatable bonds is 6. The van der Waals surface area contributed by atoms with Gasteiger partial charge in [-0.3, -0.25) is 10.3 Å². The molecule has 0 unspecified atom stereocenters. The minimum absolute atomic E-state index is 0.0353. The predicted octanol–water partition coefficient (Wildman–Crippen LogP) is 3.64. The lowest BCUT2D eigenvalue weighted by atomic mass is 10.0. The molecule has 2 amide bonds. The molecular formula is C26H36N6O3S. The number of hydrogen-bond acceptors (Lipinski definition) is 5. The van der Waals surface area contributed by atoms with E-state index in [4.69, 9.17) is 16.9 Å². The van der Waals surface area contributed by atoms with Crippen molar-refractivity contribution in [3.8, 4) is 0 Å². The average Bonchev–Trinajstić information content (AvgIpc) is 3.14. The molecule has 194 valence electrons. The summed E-state index contributed by atoms with van der Waals surface area (Å²) < 4.78 is 27.5. The van der Waals surface area contributed by atoms with Gasteiger partial charge in [-0.05, 0) is 56.0 Å². The summed E-state index contributed by atoms with van der Waals surface area (Å²) in [6, 6.07) is 13.4. The molecule has 1 heterocycles. The highest BCUT2D eigenvalue weighted by Gasteiger charge is 2.32. The van der Waals surface area contributed by atoms with Gasteiger partial charge in [0.2, 0.25) is 10.0 Å². The smallest absolute Gasteiger partial charge is 0.322 e. The van der Waals surface area contributed by atoms with E-state index < -0.39 is 10.0 Å². The van der Waals surface area contributed by atoms with Crippen molar-refractivity contribution >= 4 is 33.3 Å². The Morgan fingerprint density at radius 1 is 0.972 bits per heavy atom. The molecule has 10 heteroatoms. The van der Waals surface area contributed by atoms with Gasteiger partial charge >= 0.3 is 6.03 Å². The molecule has 2 aromatic rings. The molecule has 0 radical (unpaired) electrons. The van der Waals surface area contributed by atoms with Gasteiger partial charge in [0.25, 0.3) is 0 Å². The Bertz CT molecular complexity index is 1190. The van der Waals surface area contributed by atoms with Gasteiger partial charge in [-0.15, -0.1) is 0 Å². The molecule has 4 rings (SSSR count). The average molecular weight is 513 g/mol. The first-order chi connectivity index (χ1) is 17.3. The van der Waals surface area contributed by atoms with Crippen molar-refractivity contribution in [2.75, 3.05) is 23.7 Å². The molecule has 1 aliphatic heterocycles. The van der Waals surface area contributed by atoms with E-state index >= 15 is 0 Å². The maximum absolute atomic E-state index is 13.6. The lowest BCUT2D eigenvalue weighted by molar-refractivity contribution is 0.230. The minimum atomic E-state index is -3.63. The molecule has 1 saturated carbocycles. The summed E-state index contributed by atoms with van der Waals surface area (Å²) in [5.41, 5.74) is 13.2. The molecular weight excluding hydrogens is 476 g/mol. The van der Waals surface area contributed by atoms with Gasteiger partial charge in [0, 0.05) is 42.1 Å². The zero-order valence-electron chi connectivity index (χ0n) is 20.5. The summed E-state index contributed by atoms with van der Waals surface area (Å²) in [7, 11) is -3.63. The number of piperidine rings is 1. The first-order valence-corrected chi connectivity index (χ1v) is 14.1. The van der Waals surface area contributed by atoms with Gasteiger partial charge in [-0.25, -0.2) is 13.2 Å². The number of hydrogen-bond donors (Lipinski definition) is 4. The van der Waals surface area contributed by atoms with Crippen molar-refractivity contribution in [1.82, 2.24) is 9.62 Å². The third-order valence-electron chi connectivity index (χ3n) is 7.12. The van der Waals surface area contributed by atoms with Crippen molar-refractivity contribution < 1.29 is 13.2 Å². The Kier molecular flexibility index (Phi) is 8.15. The van der Waals surface area contributed by atoms with E-state index in [1.165, 1.54) is 23.2 Å². The molecule has 9 nitrogen and oxygen atoms in total. The molecule has 2 aliphatic rings. The lowest BCUT2D eigenvalue weighted by Crippen LogP contribution is -2.52. The van der Waals surface area contributed by atoms with Crippen LogP contribution in [0.1, 0.15) is 56.9 Å². The predicted molar refractivity (Wildman–Crippen MR) is 143 cm³/mol. The second-order valence-electron chi connectivity index (χ2n) is 9.68. The molecule has 0 atom stereocenters. The van der Waals surface area contributed by atoms with Gasteiger partial charge in [0.15, 0.2) is 0 Å². The van der Waals surface area contributed by atoms with E-state index in [-0.39, 0.29) is 28.8 Å². The highest BCUT2D eigenvalue weighted by molar-refractivity contribution is 7.89. The number of nitrogens with one attached hydrogen (secondary N) is 2. The normalized spacial score (nSPS) is 18.3. The second-order valence-corrected chi connectivity index (χ2v) is 11.6. The monoisotopic (exact) mass is 512 g/mol. The van der Waals surface area contributed by atoms with Gasteiger partial charge < -0.3 is 16.8 Å². The number of urea groups is 1. The van der Waals surface area contributed by atoms with Crippen molar-refractivity contribution in [3.63, 3.8) is 0 Å². The van der Waals surface area contributed by atoms with Crippen LogP contribution in [0.3, 0.4) is 0 Å². The number of anilines is 2. The molecule has 1 saturated heterocycles. The van der Waals surface area contributed by atoms with Crippen LogP contribution in [-0.2, 0) is 10.0 Å². The van der Waals surface area contributed by atoms with E-state index in [9.17, 15) is 13.2 Å².